The third kappa shape index (κ3) is 71.7. The van der Waals surface area contributed by atoms with Crippen LogP contribution in [0.1, 0.15) is 463 Å². The third-order valence-electron chi connectivity index (χ3n) is 19.1. The van der Waals surface area contributed by atoms with Crippen molar-refractivity contribution < 1.29 is 24.5 Å². The molecule has 0 fully saturated rings. The van der Waals surface area contributed by atoms with Gasteiger partial charge in [0.1, 0.15) is 0 Å². The molecule has 0 aromatic rings. The highest BCUT2D eigenvalue weighted by Gasteiger charge is 2.20. The van der Waals surface area contributed by atoms with E-state index in [2.05, 4.69) is 31.3 Å². The summed E-state index contributed by atoms with van der Waals surface area (Å²) in [6.07, 6.45) is 96.0. The Hall–Kier alpha value is -1.40. The number of carbonyl (C=O) groups excluding carboxylic acids is 2. The molecule has 0 aliphatic heterocycles. The molecule has 0 spiro atoms. The summed E-state index contributed by atoms with van der Waals surface area (Å²) in [6.45, 7) is 5.01. The molecule has 0 radical (unpaired) electrons. The van der Waals surface area contributed by atoms with Gasteiger partial charge in [-0.15, -0.1) is 0 Å². The number of carbonyl (C=O) groups is 2. The molecule has 6 heteroatoms. The third-order valence-corrected chi connectivity index (χ3v) is 19.1. The van der Waals surface area contributed by atoms with E-state index in [9.17, 15) is 19.8 Å². The van der Waals surface area contributed by atoms with Crippen molar-refractivity contribution in [3.8, 4) is 0 Å². The van der Waals surface area contributed by atoms with Crippen LogP contribution in [0.2, 0.25) is 0 Å². The number of hydrogen-bond acceptors (Lipinski definition) is 5. The summed E-state index contributed by atoms with van der Waals surface area (Å²) in [6, 6.07) is -0.538. The molecule has 512 valence electrons. The van der Waals surface area contributed by atoms with Gasteiger partial charge in [0.2, 0.25) is 5.91 Å². The van der Waals surface area contributed by atoms with Gasteiger partial charge in [-0.05, 0) is 51.4 Å². The number of ether oxygens (including phenoxy) is 1. The van der Waals surface area contributed by atoms with Gasteiger partial charge in [0, 0.05) is 12.8 Å². The highest BCUT2D eigenvalue weighted by molar-refractivity contribution is 5.76. The van der Waals surface area contributed by atoms with Crippen LogP contribution in [0, 0.1) is 0 Å². The predicted octanol–water partition coefficient (Wildman–Crippen LogP) is 26.3. The molecule has 0 aromatic heterocycles. The van der Waals surface area contributed by atoms with Crippen LogP contribution in [-0.2, 0) is 14.3 Å². The summed E-state index contributed by atoms with van der Waals surface area (Å²) >= 11 is 0. The normalized spacial score (nSPS) is 12.5. The van der Waals surface area contributed by atoms with Crippen LogP contribution >= 0.6 is 0 Å². The van der Waals surface area contributed by atoms with Crippen molar-refractivity contribution in [2.75, 3.05) is 13.2 Å². The minimum absolute atomic E-state index is 0.0255. The van der Waals surface area contributed by atoms with E-state index in [0.29, 0.717) is 25.9 Å². The summed E-state index contributed by atoms with van der Waals surface area (Å²) in [7, 11) is 0. The second-order valence-electron chi connectivity index (χ2n) is 27.8. The van der Waals surface area contributed by atoms with E-state index in [4.69, 9.17) is 4.74 Å². The Morgan fingerprint density at radius 1 is 0.314 bits per heavy atom. The van der Waals surface area contributed by atoms with Crippen molar-refractivity contribution in [2.24, 2.45) is 0 Å². The van der Waals surface area contributed by atoms with Crippen molar-refractivity contribution >= 4 is 11.9 Å². The van der Waals surface area contributed by atoms with Crippen LogP contribution in [0.5, 0.6) is 0 Å². The molecule has 86 heavy (non-hydrogen) atoms. The van der Waals surface area contributed by atoms with Crippen LogP contribution in [0.3, 0.4) is 0 Å². The molecule has 6 nitrogen and oxygen atoms in total. The van der Waals surface area contributed by atoms with E-state index in [-0.39, 0.29) is 18.5 Å². The molecular weight excluding hydrogens is 1050 g/mol. The zero-order valence-corrected chi connectivity index (χ0v) is 58.8. The van der Waals surface area contributed by atoms with Crippen molar-refractivity contribution in [1.29, 1.82) is 0 Å². The van der Waals surface area contributed by atoms with E-state index < -0.39 is 12.1 Å². The Morgan fingerprint density at radius 3 is 0.826 bits per heavy atom. The standard InChI is InChI=1S/C80H157NO5/c1-3-5-7-9-11-13-15-17-19-41-45-48-52-56-60-64-68-72-78(83)77(76-82)81-79(84)73-69-65-61-57-53-49-46-42-39-37-35-33-31-29-27-25-23-21-20-22-24-26-28-30-32-34-36-38-40-43-47-51-55-59-63-67-71-75-86-80(85)74-70-66-62-58-54-50-44-18-16-14-12-10-8-6-4-2/h20,22,77-78,82-83H,3-19,21,23-76H2,1-2H3,(H,81,84)/b22-20-. The van der Waals surface area contributed by atoms with Crippen molar-refractivity contribution in [3.63, 3.8) is 0 Å². The van der Waals surface area contributed by atoms with Crippen molar-refractivity contribution in [2.45, 2.75) is 475 Å². The number of aliphatic hydroxyl groups is 2. The topological polar surface area (TPSA) is 95.9 Å². The Labute approximate surface area is 539 Å². The van der Waals surface area contributed by atoms with Gasteiger partial charge in [-0.2, -0.15) is 0 Å². The molecule has 0 saturated heterocycles. The highest BCUT2D eigenvalue weighted by atomic mass is 16.5. The first-order valence-corrected chi connectivity index (χ1v) is 39.9. The van der Waals surface area contributed by atoms with Gasteiger partial charge < -0.3 is 20.3 Å². The lowest BCUT2D eigenvalue weighted by atomic mass is 10.0. The Morgan fingerprint density at radius 2 is 0.547 bits per heavy atom. The van der Waals surface area contributed by atoms with Gasteiger partial charge >= 0.3 is 5.97 Å². The quantitative estimate of drug-likeness (QED) is 0.0320. The zero-order valence-electron chi connectivity index (χ0n) is 58.8. The summed E-state index contributed by atoms with van der Waals surface area (Å²) < 4.78 is 5.51. The lowest BCUT2D eigenvalue weighted by molar-refractivity contribution is -0.143. The van der Waals surface area contributed by atoms with Gasteiger partial charge in [-0.25, -0.2) is 0 Å². The monoisotopic (exact) mass is 1210 g/mol. The maximum absolute atomic E-state index is 12.5. The molecule has 0 rings (SSSR count). The summed E-state index contributed by atoms with van der Waals surface area (Å²) in [5, 5.41) is 23.4. The predicted molar refractivity (Wildman–Crippen MR) is 380 cm³/mol. The molecule has 3 N–H and O–H groups in total. The van der Waals surface area contributed by atoms with Crippen molar-refractivity contribution in [1.82, 2.24) is 5.32 Å². The summed E-state index contributed by atoms with van der Waals surface area (Å²) in [5.74, 6) is -0.000796. The Bertz CT molecular complexity index is 1300. The van der Waals surface area contributed by atoms with Crippen LogP contribution < -0.4 is 5.32 Å². The van der Waals surface area contributed by atoms with Gasteiger partial charge in [0.25, 0.3) is 0 Å². The first kappa shape index (κ1) is 84.6. The SMILES string of the molecule is CCCCCCCCCCCCCCCCCCCC(O)C(CO)NC(=O)CCCCCCCCCCCCCCCCCCC/C=C\CCCCCCCCCCCCCCCCCCOC(=O)CCCCCCCCCCCCCCCCC. The minimum atomic E-state index is -0.661. The largest absolute Gasteiger partial charge is 0.466 e. The lowest BCUT2D eigenvalue weighted by Gasteiger charge is -2.22. The molecule has 0 saturated carbocycles. The molecule has 2 atom stereocenters. The van der Waals surface area contributed by atoms with E-state index in [0.717, 1.165) is 38.5 Å². The Kier molecular flexibility index (Phi) is 74.8. The first-order valence-electron chi connectivity index (χ1n) is 39.9. The summed E-state index contributed by atoms with van der Waals surface area (Å²) in [4.78, 5) is 24.6. The number of rotatable bonds is 76. The number of hydrogen-bond donors (Lipinski definition) is 3. The van der Waals surface area contributed by atoms with Gasteiger partial charge in [-0.3, -0.25) is 9.59 Å². The van der Waals surface area contributed by atoms with Gasteiger partial charge in [0.05, 0.1) is 25.4 Å². The minimum Gasteiger partial charge on any atom is -0.466 e. The number of nitrogens with one attached hydrogen (secondary N) is 1. The average Bonchev–Trinajstić information content (AvgIpc) is 3.52. The number of esters is 1. The fourth-order valence-corrected chi connectivity index (χ4v) is 13.0. The second kappa shape index (κ2) is 76.1. The van der Waals surface area contributed by atoms with E-state index in [1.807, 2.05) is 0 Å². The smallest absolute Gasteiger partial charge is 0.305 e. The molecule has 0 aliphatic carbocycles. The van der Waals surface area contributed by atoms with E-state index >= 15 is 0 Å². The van der Waals surface area contributed by atoms with Crippen LogP contribution in [0.4, 0.5) is 0 Å². The zero-order chi connectivity index (χ0) is 62.0. The fourth-order valence-electron chi connectivity index (χ4n) is 13.0. The van der Waals surface area contributed by atoms with E-state index in [1.54, 1.807) is 0 Å². The molecular formula is C80H157NO5. The molecule has 0 heterocycles. The maximum atomic E-state index is 12.5. The lowest BCUT2D eigenvalue weighted by Crippen LogP contribution is -2.45. The van der Waals surface area contributed by atoms with Crippen molar-refractivity contribution in [3.05, 3.63) is 12.2 Å². The number of unbranched alkanes of at least 4 members (excludes halogenated alkanes) is 63. The second-order valence-corrected chi connectivity index (χ2v) is 27.8. The van der Waals surface area contributed by atoms with Crippen LogP contribution in [-0.4, -0.2) is 47.4 Å². The van der Waals surface area contributed by atoms with Gasteiger partial charge in [0.15, 0.2) is 0 Å². The van der Waals surface area contributed by atoms with Crippen LogP contribution in [0.25, 0.3) is 0 Å². The highest BCUT2D eigenvalue weighted by Crippen LogP contribution is 2.20. The molecule has 0 aromatic carbocycles. The Balaban J connectivity index is 3.31. The first-order chi connectivity index (χ1) is 42.5. The van der Waals surface area contributed by atoms with Crippen LogP contribution in [0.15, 0.2) is 12.2 Å². The van der Waals surface area contributed by atoms with E-state index in [1.165, 1.54) is 392 Å². The van der Waals surface area contributed by atoms with Gasteiger partial charge in [-0.1, -0.05) is 411 Å². The summed E-state index contributed by atoms with van der Waals surface area (Å²) in [5.41, 5.74) is 0. The number of aliphatic hydroxyl groups excluding tert-OH is 2. The number of allylic oxidation sites excluding steroid dienone is 2. The molecule has 0 aliphatic rings. The molecule has 1 amide bonds. The maximum Gasteiger partial charge on any atom is 0.305 e. The molecule has 2 unspecified atom stereocenters. The molecule has 0 bridgehead atoms. The fraction of sp³-hybridized carbons (Fsp3) is 0.950. The average molecular weight is 1210 g/mol. The number of amides is 1.